The molecule has 3 rings (SSSR count). The molecule has 2 aromatic carbocycles. The predicted octanol–water partition coefficient (Wildman–Crippen LogP) is 3.58. The van der Waals surface area contributed by atoms with Crippen LogP contribution in [0.5, 0.6) is 0 Å². The topological polar surface area (TPSA) is 22.0 Å². The van der Waals surface area contributed by atoms with Crippen molar-refractivity contribution in [1.29, 1.82) is 0 Å². The molecule has 0 amide bonds. The van der Waals surface area contributed by atoms with E-state index in [-0.39, 0.29) is 5.82 Å². The smallest absolute Gasteiger partial charge is 0.152 e. The van der Waals surface area contributed by atoms with Gasteiger partial charge in [0.05, 0.1) is 5.52 Å². The molecule has 0 bridgehead atoms. The van der Waals surface area contributed by atoms with Gasteiger partial charge in [0.25, 0.3) is 0 Å². The first-order chi connectivity index (χ1) is 8.79. The zero-order valence-electron chi connectivity index (χ0n) is 9.51. The first kappa shape index (κ1) is 10.7. The van der Waals surface area contributed by atoms with Gasteiger partial charge in [-0.25, -0.2) is 4.39 Å². The van der Waals surface area contributed by atoms with E-state index in [0.717, 1.165) is 17.2 Å². The summed E-state index contributed by atoms with van der Waals surface area (Å²) in [6, 6.07) is 13.9. The molecule has 0 aliphatic heterocycles. The van der Waals surface area contributed by atoms with Gasteiger partial charge in [-0.15, -0.1) is 0 Å². The normalized spacial score (nSPS) is 10.7. The van der Waals surface area contributed by atoms with Crippen LogP contribution < -0.4 is 0 Å². The molecule has 0 saturated carbocycles. The number of hydrogen-bond acceptors (Lipinski definition) is 1. The van der Waals surface area contributed by atoms with E-state index in [1.165, 1.54) is 12.1 Å². The number of halogens is 1. The number of benzene rings is 2. The van der Waals surface area contributed by atoms with Crippen molar-refractivity contribution in [2.24, 2.45) is 0 Å². The zero-order chi connectivity index (χ0) is 12.5. The number of para-hydroxylation sites is 1. The van der Waals surface area contributed by atoms with Crippen LogP contribution in [-0.4, -0.2) is 10.9 Å². The maximum absolute atomic E-state index is 13.3. The van der Waals surface area contributed by atoms with E-state index < -0.39 is 0 Å². The quantitative estimate of drug-likeness (QED) is 0.626. The minimum absolute atomic E-state index is 0.294. The van der Waals surface area contributed by atoms with Crippen molar-refractivity contribution in [2.75, 3.05) is 0 Å². The number of rotatable bonds is 2. The number of carbonyl (C=O) groups excluding carboxylic acids is 1. The Morgan fingerprint density at radius 1 is 1.06 bits per heavy atom. The molecular weight excluding hydrogens is 229 g/mol. The van der Waals surface area contributed by atoms with Gasteiger partial charge in [0, 0.05) is 22.8 Å². The van der Waals surface area contributed by atoms with Crippen LogP contribution in [0.1, 0.15) is 10.4 Å². The highest BCUT2D eigenvalue weighted by Crippen LogP contribution is 2.23. The van der Waals surface area contributed by atoms with Crippen LogP contribution in [0.3, 0.4) is 0 Å². The van der Waals surface area contributed by atoms with Crippen molar-refractivity contribution in [3.05, 3.63) is 66.1 Å². The first-order valence-corrected chi connectivity index (χ1v) is 5.61. The Bertz CT molecular complexity index is 730. The molecular formula is C15H10FNO. The largest absolute Gasteiger partial charge is 0.316 e. The lowest BCUT2D eigenvalue weighted by Crippen LogP contribution is -1.92. The lowest BCUT2D eigenvalue weighted by Gasteiger charge is -2.04. The van der Waals surface area contributed by atoms with Crippen LogP contribution in [0, 0.1) is 5.82 Å². The van der Waals surface area contributed by atoms with E-state index in [1.807, 2.05) is 34.9 Å². The Labute approximate surface area is 103 Å². The van der Waals surface area contributed by atoms with Crippen LogP contribution in [0.15, 0.2) is 54.7 Å². The molecule has 88 valence electrons. The van der Waals surface area contributed by atoms with Gasteiger partial charge in [0.15, 0.2) is 6.29 Å². The molecule has 2 nitrogen and oxygen atoms in total. The van der Waals surface area contributed by atoms with E-state index in [2.05, 4.69) is 0 Å². The fourth-order valence-electron chi connectivity index (χ4n) is 2.14. The van der Waals surface area contributed by atoms with Crippen LogP contribution in [0.2, 0.25) is 0 Å². The van der Waals surface area contributed by atoms with Gasteiger partial charge in [-0.1, -0.05) is 24.3 Å². The first-order valence-electron chi connectivity index (χ1n) is 5.61. The van der Waals surface area contributed by atoms with Gasteiger partial charge < -0.3 is 4.57 Å². The van der Waals surface area contributed by atoms with Crippen molar-refractivity contribution >= 4 is 17.2 Å². The SMILES string of the molecule is O=Cc1cn(-c2cccc(F)c2)c2ccccc12. The number of aldehydes is 1. The molecule has 1 aromatic heterocycles. The fourth-order valence-corrected chi connectivity index (χ4v) is 2.14. The summed E-state index contributed by atoms with van der Waals surface area (Å²) in [5.74, 6) is -0.294. The third-order valence-electron chi connectivity index (χ3n) is 2.96. The van der Waals surface area contributed by atoms with Crippen LogP contribution in [0.25, 0.3) is 16.6 Å². The lowest BCUT2D eigenvalue weighted by atomic mass is 10.2. The molecule has 0 atom stereocenters. The Hall–Kier alpha value is -2.42. The fraction of sp³-hybridized carbons (Fsp3) is 0. The second-order valence-corrected chi connectivity index (χ2v) is 4.07. The monoisotopic (exact) mass is 239 g/mol. The highest BCUT2D eigenvalue weighted by atomic mass is 19.1. The molecule has 0 radical (unpaired) electrons. The van der Waals surface area contributed by atoms with Crippen molar-refractivity contribution in [1.82, 2.24) is 4.57 Å². The molecule has 0 unspecified atom stereocenters. The van der Waals surface area contributed by atoms with E-state index in [4.69, 9.17) is 0 Å². The van der Waals surface area contributed by atoms with Crippen LogP contribution >= 0.6 is 0 Å². The van der Waals surface area contributed by atoms with E-state index in [9.17, 15) is 9.18 Å². The number of hydrogen-bond donors (Lipinski definition) is 0. The maximum atomic E-state index is 13.3. The Balaban J connectivity index is 2.33. The second-order valence-electron chi connectivity index (χ2n) is 4.07. The van der Waals surface area contributed by atoms with E-state index >= 15 is 0 Å². The average Bonchev–Trinajstić information content (AvgIpc) is 2.77. The molecule has 0 spiro atoms. The Kier molecular flexibility index (Phi) is 2.45. The molecule has 3 aromatic rings. The molecule has 0 aliphatic carbocycles. The molecule has 0 N–H and O–H groups in total. The second kappa shape index (κ2) is 4.11. The Morgan fingerprint density at radius 3 is 2.67 bits per heavy atom. The summed E-state index contributed by atoms with van der Waals surface area (Å²) in [6.45, 7) is 0. The minimum atomic E-state index is -0.294. The molecule has 1 heterocycles. The summed E-state index contributed by atoms with van der Waals surface area (Å²) in [4.78, 5) is 11.0. The third-order valence-corrected chi connectivity index (χ3v) is 2.96. The molecule has 3 heteroatoms. The average molecular weight is 239 g/mol. The summed E-state index contributed by atoms with van der Waals surface area (Å²) >= 11 is 0. The Morgan fingerprint density at radius 2 is 1.89 bits per heavy atom. The van der Waals surface area contributed by atoms with Crippen LogP contribution in [-0.2, 0) is 0 Å². The summed E-state index contributed by atoms with van der Waals surface area (Å²) in [5.41, 5.74) is 2.21. The molecule has 0 aliphatic rings. The number of carbonyl (C=O) groups is 1. The summed E-state index contributed by atoms with van der Waals surface area (Å²) < 4.78 is 15.1. The van der Waals surface area contributed by atoms with E-state index in [1.54, 1.807) is 12.3 Å². The zero-order valence-corrected chi connectivity index (χ0v) is 9.51. The minimum Gasteiger partial charge on any atom is -0.316 e. The maximum Gasteiger partial charge on any atom is 0.152 e. The third kappa shape index (κ3) is 1.61. The standard InChI is InChI=1S/C15H10FNO/c16-12-4-3-5-13(8-12)17-9-11(10-18)14-6-1-2-7-15(14)17/h1-10H. The number of nitrogens with zero attached hydrogens (tertiary/aromatic N) is 1. The van der Waals surface area contributed by atoms with Crippen molar-refractivity contribution < 1.29 is 9.18 Å². The van der Waals surface area contributed by atoms with Crippen molar-refractivity contribution in [2.45, 2.75) is 0 Å². The highest BCUT2D eigenvalue weighted by molar-refractivity contribution is 5.98. The van der Waals surface area contributed by atoms with Gasteiger partial charge in [-0.2, -0.15) is 0 Å². The van der Waals surface area contributed by atoms with E-state index in [0.29, 0.717) is 11.3 Å². The summed E-state index contributed by atoms with van der Waals surface area (Å²) in [7, 11) is 0. The van der Waals surface area contributed by atoms with Gasteiger partial charge in [0.2, 0.25) is 0 Å². The number of aromatic nitrogens is 1. The lowest BCUT2D eigenvalue weighted by molar-refractivity contribution is 0.112. The predicted molar refractivity (Wildman–Crippen MR) is 68.6 cm³/mol. The highest BCUT2D eigenvalue weighted by Gasteiger charge is 2.08. The molecule has 18 heavy (non-hydrogen) atoms. The van der Waals surface area contributed by atoms with Gasteiger partial charge in [-0.05, 0) is 24.3 Å². The van der Waals surface area contributed by atoms with Gasteiger partial charge >= 0.3 is 0 Å². The summed E-state index contributed by atoms with van der Waals surface area (Å²) in [5, 5.41) is 0.872. The van der Waals surface area contributed by atoms with Gasteiger partial charge in [0.1, 0.15) is 5.82 Å². The summed E-state index contributed by atoms with van der Waals surface area (Å²) in [6.07, 6.45) is 2.55. The molecule has 0 fully saturated rings. The van der Waals surface area contributed by atoms with Crippen molar-refractivity contribution in [3.8, 4) is 5.69 Å². The van der Waals surface area contributed by atoms with Crippen molar-refractivity contribution in [3.63, 3.8) is 0 Å². The number of fused-ring (bicyclic) bond motifs is 1. The molecule has 0 saturated heterocycles. The van der Waals surface area contributed by atoms with Crippen LogP contribution in [0.4, 0.5) is 4.39 Å². The van der Waals surface area contributed by atoms with Gasteiger partial charge in [-0.3, -0.25) is 4.79 Å².